The molecule has 0 atom stereocenters. The van der Waals surface area contributed by atoms with Crippen molar-refractivity contribution < 1.29 is 9.59 Å². The van der Waals surface area contributed by atoms with Gasteiger partial charge in [0.05, 0.1) is 6.54 Å². The van der Waals surface area contributed by atoms with Crippen molar-refractivity contribution in [2.75, 3.05) is 12.3 Å². The van der Waals surface area contributed by atoms with E-state index in [0.717, 1.165) is 18.4 Å². The molecule has 2 amide bonds. The first kappa shape index (κ1) is 13.1. The molecule has 1 fully saturated rings. The first-order chi connectivity index (χ1) is 9.13. The summed E-state index contributed by atoms with van der Waals surface area (Å²) >= 11 is 0. The average Bonchev–Trinajstić information content (AvgIpc) is 3.18. The van der Waals surface area contributed by atoms with Crippen LogP contribution in [0.3, 0.4) is 0 Å². The van der Waals surface area contributed by atoms with E-state index in [1.54, 1.807) is 18.2 Å². The van der Waals surface area contributed by atoms with Crippen molar-refractivity contribution in [1.29, 1.82) is 0 Å². The smallest absolute Gasteiger partial charge is 0.244 e. The van der Waals surface area contributed by atoms with Gasteiger partial charge in [0.15, 0.2) is 0 Å². The molecule has 4 N–H and O–H groups in total. The quantitative estimate of drug-likeness (QED) is 0.537. The molecule has 2 rings (SSSR count). The number of nitrogens with one attached hydrogen (secondary N) is 2. The highest BCUT2D eigenvalue weighted by Gasteiger charge is 2.22. The van der Waals surface area contributed by atoms with Crippen LogP contribution in [-0.2, 0) is 9.59 Å². The van der Waals surface area contributed by atoms with Gasteiger partial charge in [-0.05, 0) is 36.6 Å². The second-order valence-corrected chi connectivity index (χ2v) is 4.56. The molecule has 0 unspecified atom stereocenters. The van der Waals surface area contributed by atoms with Gasteiger partial charge in [-0.25, -0.2) is 0 Å². The molecule has 19 heavy (non-hydrogen) atoms. The van der Waals surface area contributed by atoms with E-state index in [9.17, 15) is 9.59 Å². The van der Waals surface area contributed by atoms with Gasteiger partial charge in [0.1, 0.15) is 0 Å². The Morgan fingerprint density at radius 2 is 2.16 bits per heavy atom. The van der Waals surface area contributed by atoms with E-state index in [0.29, 0.717) is 11.7 Å². The van der Waals surface area contributed by atoms with Crippen LogP contribution in [0.25, 0.3) is 6.08 Å². The number of hydrogen-bond acceptors (Lipinski definition) is 3. The van der Waals surface area contributed by atoms with Crippen LogP contribution in [0.4, 0.5) is 5.69 Å². The molecule has 0 aromatic heterocycles. The second-order valence-electron chi connectivity index (χ2n) is 4.56. The Kier molecular flexibility index (Phi) is 4.18. The number of benzene rings is 1. The van der Waals surface area contributed by atoms with Gasteiger partial charge in [-0.2, -0.15) is 0 Å². The summed E-state index contributed by atoms with van der Waals surface area (Å²) in [6, 6.07) is 7.52. The highest BCUT2D eigenvalue weighted by Crippen LogP contribution is 2.18. The Labute approximate surface area is 111 Å². The van der Waals surface area contributed by atoms with Crippen molar-refractivity contribution in [3.8, 4) is 0 Å². The van der Waals surface area contributed by atoms with Gasteiger partial charge in [-0.15, -0.1) is 0 Å². The summed E-state index contributed by atoms with van der Waals surface area (Å²) in [5.41, 5.74) is 7.12. The Hall–Kier alpha value is -2.30. The molecule has 1 aliphatic rings. The number of anilines is 1. The fourth-order valence-corrected chi connectivity index (χ4v) is 1.57. The zero-order chi connectivity index (χ0) is 13.7. The zero-order valence-electron chi connectivity index (χ0n) is 10.6. The maximum atomic E-state index is 11.5. The van der Waals surface area contributed by atoms with E-state index in [1.807, 2.05) is 12.1 Å². The van der Waals surface area contributed by atoms with Crippen molar-refractivity contribution in [2.24, 2.45) is 0 Å². The fourth-order valence-electron chi connectivity index (χ4n) is 1.57. The monoisotopic (exact) mass is 259 g/mol. The number of amides is 2. The molecular weight excluding hydrogens is 242 g/mol. The maximum absolute atomic E-state index is 11.5. The molecular formula is C14H17N3O2. The van der Waals surface area contributed by atoms with Gasteiger partial charge in [0, 0.05) is 17.8 Å². The highest BCUT2D eigenvalue weighted by atomic mass is 16.2. The summed E-state index contributed by atoms with van der Waals surface area (Å²) in [6.45, 7) is 0.0105. The summed E-state index contributed by atoms with van der Waals surface area (Å²) in [7, 11) is 0. The minimum Gasteiger partial charge on any atom is -0.399 e. The first-order valence-corrected chi connectivity index (χ1v) is 6.24. The Morgan fingerprint density at radius 1 is 1.37 bits per heavy atom. The van der Waals surface area contributed by atoms with Gasteiger partial charge >= 0.3 is 0 Å². The standard InChI is InChI=1S/C14H17N3O2/c15-11-3-1-2-10(8-11)4-7-13(18)16-9-14(19)17-12-5-6-12/h1-4,7-8,12H,5-6,9,15H2,(H,16,18)(H,17,19)/b7-4+. The molecule has 0 aliphatic heterocycles. The predicted octanol–water partition coefficient (Wildman–Crippen LogP) is 0.677. The molecule has 100 valence electrons. The Balaban J connectivity index is 1.75. The molecule has 0 radical (unpaired) electrons. The molecule has 5 nitrogen and oxygen atoms in total. The summed E-state index contributed by atoms with van der Waals surface area (Å²) < 4.78 is 0. The van der Waals surface area contributed by atoms with E-state index in [2.05, 4.69) is 10.6 Å². The van der Waals surface area contributed by atoms with Crippen molar-refractivity contribution in [1.82, 2.24) is 10.6 Å². The van der Waals surface area contributed by atoms with Gasteiger partial charge in [0.25, 0.3) is 0 Å². The summed E-state index contributed by atoms with van der Waals surface area (Å²) in [4.78, 5) is 22.8. The molecule has 5 heteroatoms. The van der Waals surface area contributed by atoms with Crippen molar-refractivity contribution in [2.45, 2.75) is 18.9 Å². The number of carbonyl (C=O) groups is 2. The third-order valence-corrected chi connectivity index (χ3v) is 2.70. The number of hydrogen-bond donors (Lipinski definition) is 3. The minimum atomic E-state index is -0.298. The van der Waals surface area contributed by atoms with Crippen molar-refractivity contribution in [3.63, 3.8) is 0 Å². The lowest BCUT2D eigenvalue weighted by Crippen LogP contribution is -2.37. The molecule has 0 bridgehead atoms. The normalized spacial score (nSPS) is 14.3. The van der Waals surface area contributed by atoms with Crippen LogP contribution in [-0.4, -0.2) is 24.4 Å². The van der Waals surface area contributed by atoms with Gasteiger partial charge < -0.3 is 16.4 Å². The fraction of sp³-hybridized carbons (Fsp3) is 0.286. The summed E-state index contributed by atoms with van der Waals surface area (Å²) in [6.07, 6.45) is 5.12. The van der Waals surface area contributed by atoms with Gasteiger partial charge in [-0.1, -0.05) is 12.1 Å². The van der Waals surface area contributed by atoms with Crippen molar-refractivity contribution in [3.05, 3.63) is 35.9 Å². The van der Waals surface area contributed by atoms with Gasteiger partial charge in [-0.3, -0.25) is 9.59 Å². The van der Waals surface area contributed by atoms with Crippen LogP contribution in [0, 0.1) is 0 Å². The number of rotatable bonds is 5. The van der Waals surface area contributed by atoms with E-state index in [1.165, 1.54) is 6.08 Å². The van der Waals surface area contributed by atoms with Gasteiger partial charge in [0.2, 0.25) is 11.8 Å². The number of nitrogen functional groups attached to an aromatic ring is 1. The maximum Gasteiger partial charge on any atom is 0.244 e. The third-order valence-electron chi connectivity index (χ3n) is 2.70. The largest absolute Gasteiger partial charge is 0.399 e. The Bertz CT molecular complexity index is 507. The van der Waals surface area contributed by atoms with Crippen LogP contribution in [0.2, 0.25) is 0 Å². The molecule has 0 saturated heterocycles. The van der Waals surface area contributed by atoms with Crippen LogP contribution in [0.5, 0.6) is 0 Å². The Morgan fingerprint density at radius 3 is 2.84 bits per heavy atom. The molecule has 1 aliphatic carbocycles. The highest BCUT2D eigenvalue weighted by molar-refractivity contribution is 5.94. The average molecular weight is 259 g/mol. The predicted molar refractivity (Wildman–Crippen MR) is 74.1 cm³/mol. The van der Waals surface area contributed by atoms with E-state index < -0.39 is 0 Å². The van der Waals surface area contributed by atoms with Crippen LogP contribution >= 0.6 is 0 Å². The lowest BCUT2D eigenvalue weighted by atomic mass is 10.2. The molecule has 0 spiro atoms. The lowest BCUT2D eigenvalue weighted by Gasteiger charge is -2.03. The van der Waals surface area contributed by atoms with E-state index >= 15 is 0 Å². The van der Waals surface area contributed by atoms with Crippen LogP contribution in [0.15, 0.2) is 30.3 Å². The number of nitrogens with two attached hydrogens (primary N) is 1. The SMILES string of the molecule is Nc1cccc(/C=C/C(=O)NCC(=O)NC2CC2)c1. The third kappa shape index (κ3) is 4.83. The van der Waals surface area contributed by atoms with Crippen LogP contribution < -0.4 is 16.4 Å². The zero-order valence-corrected chi connectivity index (χ0v) is 10.6. The molecule has 1 aromatic rings. The molecule has 1 saturated carbocycles. The minimum absolute atomic E-state index is 0.0105. The summed E-state index contributed by atoms with van der Waals surface area (Å²) in [5.74, 6) is -0.443. The first-order valence-electron chi connectivity index (χ1n) is 6.24. The second kappa shape index (κ2) is 6.04. The van der Waals surface area contributed by atoms with E-state index in [-0.39, 0.29) is 18.4 Å². The molecule has 0 heterocycles. The van der Waals surface area contributed by atoms with E-state index in [4.69, 9.17) is 5.73 Å². The molecule has 1 aromatic carbocycles. The lowest BCUT2D eigenvalue weighted by molar-refractivity contribution is -0.124. The topological polar surface area (TPSA) is 84.2 Å². The van der Waals surface area contributed by atoms with Crippen LogP contribution in [0.1, 0.15) is 18.4 Å². The van der Waals surface area contributed by atoms with Crippen molar-refractivity contribution >= 4 is 23.6 Å². The number of carbonyl (C=O) groups excluding carboxylic acids is 2. The summed E-state index contributed by atoms with van der Waals surface area (Å²) in [5, 5.41) is 5.33.